The van der Waals surface area contributed by atoms with E-state index < -0.39 is 0 Å². The number of ether oxygens (including phenoxy) is 3. The minimum absolute atomic E-state index is 0.292. The summed E-state index contributed by atoms with van der Waals surface area (Å²) in [6, 6.07) is 0.303. The fourth-order valence-electron chi connectivity index (χ4n) is 1.98. The first kappa shape index (κ1) is 15.9. The molecule has 0 amide bonds. The molecule has 2 atom stereocenters. The first-order chi connectivity index (χ1) is 9.13. The zero-order valence-corrected chi connectivity index (χ0v) is 12.0. The van der Waals surface area contributed by atoms with Crippen LogP contribution in [0.1, 0.15) is 26.7 Å². The van der Waals surface area contributed by atoms with Crippen LogP contribution in [0.2, 0.25) is 0 Å². The third-order valence-corrected chi connectivity index (χ3v) is 2.86. The van der Waals surface area contributed by atoms with Gasteiger partial charge in [0.15, 0.2) is 0 Å². The summed E-state index contributed by atoms with van der Waals surface area (Å²) in [5.41, 5.74) is 0. The molecule has 0 radical (unpaired) electrons. The third-order valence-electron chi connectivity index (χ3n) is 2.86. The van der Waals surface area contributed by atoms with Crippen LogP contribution in [0, 0.1) is 0 Å². The van der Waals surface area contributed by atoms with Crippen LogP contribution in [0.25, 0.3) is 0 Å². The van der Waals surface area contributed by atoms with Crippen molar-refractivity contribution in [2.75, 3.05) is 33.5 Å². The zero-order valence-electron chi connectivity index (χ0n) is 12.0. The number of carbonyl (C=O) groups is 1. The van der Waals surface area contributed by atoms with Gasteiger partial charge in [0.2, 0.25) is 0 Å². The molecule has 0 aromatic rings. The van der Waals surface area contributed by atoms with Gasteiger partial charge >= 0.3 is 5.97 Å². The molecule has 1 aliphatic heterocycles. The van der Waals surface area contributed by atoms with Crippen LogP contribution in [0.15, 0.2) is 5.10 Å². The second-order valence-electron chi connectivity index (χ2n) is 4.61. The highest BCUT2D eigenvalue weighted by molar-refractivity contribution is 5.71. The normalized spacial score (nSPS) is 21.0. The van der Waals surface area contributed by atoms with Crippen molar-refractivity contribution in [3.63, 3.8) is 0 Å². The summed E-state index contributed by atoms with van der Waals surface area (Å²) in [4.78, 5) is 10.8. The number of methoxy groups -OCH3 is 1. The number of hydrogen-bond acceptors (Lipinski definition) is 6. The average molecular weight is 272 g/mol. The summed E-state index contributed by atoms with van der Waals surface area (Å²) in [6.07, 6.45) is 3.55. The Kier molecular flexibility index (Phi) is 7.43. The molecule has 19 heavy (non-hydrogen) atoms. The fraction of sp³-hybridized carbons (Fsp3) is 0.846. The molecule has 0 spiro atoms. The van der Waals surface area contributed by atoms with Crippen LogP contribution in [0.4, 0.5) is 0 Å². The van der Waals surface area contributed by atoms with E-state index in [0.717, 1.165) is 19.4 Å². The van der Waals surface area contributed by atoms with E-state index in [1.165, 1.54) is 6.92 Å². The lowest BCUT2D eigenvalue weighted by atomic mass is 10.2. The minimum Gasteiger partial charge on any atom is -0.457 e. The average Bonchev–Trinajstić information content (AvgIpc) is 2.79. The molecule has 0 aromatic carbocycles. The standard InChI is InChI=1S/C13H24N2O4/c1-11(19-12(2)16)9-14-15-6-4-5-13(15)10-18-8-7-17-3/h9,11,13H,4-8,10H2,1-3H3/b14-9+/t11?,13-/m0/s1. The molecular weight excluding hydrogens is 248 g/mol. The lowest BCUT2D eigenvalue weighted by Crippen LogP contribution is -2.30. The van der Waals surface area contributed by atoms with Gasteiger partial charge in [0.05, 0.1) is 32.1 Å². The highest BCUT2D eigenvalue weighted by atomic mass is 16.5. The molecule has 0 bridgehead atoms. The Morgan fingerprint density at radius 1 is 1.53 bits per heavy atom. The van der Waals surface area contributed by atoms with E-state index in [9.17, 15) is 4.79 Å². The first-order valence-electron chi connectivity index (χ1n) is 6.68. The van der Waals surface area contributed by atoms with Crippen molar-refractivity contribution >= 4 is 12.2 Å². The van der Waals surface area contributed by atoms with Crippen LogP contribution in [-0.4, -0.2) is 62.8 Å². The maximum absolute atomic E-state index is 10.8. The van der Waals surface area contributed by atoms with Gasteiger partial charge in [-0.25, -0.2) is 0 Å². The summed E-state index contributed by atoms with van der Waals surface area (Å²) in [5, 5.41) is 6.38. The van der Waals surface area contributed by atoms with Gasteiger partial charge in [-0.05, 0) is 19.8 Å². The first-order valence-corrected chi connectivity index (χ1v) is 6.68. The molecule has 0 aromatic heterocycles. The molecule has 0 N–H and O–H groups in total. The number of hydrazone groups is 1. The Bertz CT molecular complexity index is 296. The number of esters is 1. The Morgan fingerprint density at radius 2 is 2.32 bits per heavy atom. The van der Waals surface area contributed by atoms with E-state index in [1.54, 1.807) is 20.2 Å². The topological polar surface area (TPSA) is 60.4 Å². The van der Waals surface area contributed by atoms with Gasteiger partial charge in [-0.1, -0.05) is 0 Å². The second-order valence-corrected chi connectivity index (χ2v) is 4.61. The smallest absolute Gasteiger partial charge is 0.303 e. The van der Waals surface area contributed by atoms with Gasteiger partial charge in [0.1, 0.15) is 6.10 Å². The van der Waals surface area contributed by atoms with Crippen molar-refractivity contribution in [3.05, 3.63) is 0 Å². The van der Waals surface area contributed by atoms with Gasteiger partial charge in [-0.15, -0.1) is 0 Å². The second kappa shape index (κ2) is 8.87. The molecule has 0 saturated carbocycles. The highest BCUT2D eigenvalue weighted by Gasteiger charge is 2.23. The molecule has 6 heteroatoms. The number of rotatable bonds is 8. The quantitative estimate of drug-likeness (QED) is 0.375. The Morgan fingerprint density at radius 3 is 3.00 bits per heavy atom. The van der Waals surface area contributed by atoms with E-state index >= 15 is 0 Å². The molecule has 1 heterocycles. The summed E-state index contributed by atoms with van der Waals surface area (Å²) in [6.45, 7) is 5.98. The summed E-state index contributed by atoms with van der Waals surface area (Å²) in [5.74, 6) is -0.292. The molecule has 0 aliphatic carbocycles. The molecule has 1 aliphatic rings. The summed E-state index contributed by atoms with van der Waals surface area (Å²) in [7, 11) is 1.66. The minimum atomic E-state index is -0.298. The van der Waals surface area contributed by atoms with E-state index in [2.05, 4.69) is 5.10 Å². The van der Waals surface area contributed by atoms with Crippen LogP contribution in [0.5, 0.6) is 0 Å². The maximum atomic E-state index is 10.8. The third kappa shape index (κ3) is 6.54. The highest BCUT2D eigenvalue weighted by Crippen LogP contribution is 2.17. The predicted octanol–water partition coefficient (Wildman–Crippen LogP) is 1.05. The summed E-state index contributed by atoms with van der Waals surface area (Å²) < 4.78 is 15.5. The maximum Gasteiger partial charge on any atom is 0.303 e. The van der Waals surface area contributed by atoms with Gasteiger partial charge in [0.25, 0.3) is 0 Å². The lowest BCUT2D eigenvalue weighted by Gasteiger charge is -2.21. The van der Waals surface area contributed by atoms with Crippen LogP contribution in [-0.2, 0) is 19.0 Å². The molecular formula is C13H24N2O4. The van der Waals surface area contributed by atoms with Crippen molar-refractivity contribution in [1.82, 2.24) is 5.01 Å². The van der Waals surface area contributed by atoms with Crippen molar-refractivity contribution in [3.8, 4) is 0 Å². The van der Waals surface area contributed by atoms with Gasteiger partial charge in [0, 0.05) is 20.6 Å². The predicted molar refractivity (Wildman–Crippen MR) is 72.1 cm³/mol. The lowest BCUT2D eigenvalue weighted by molar-refractivity contribution is -0.142. The molecule has 6 nitrogen and oxygen atoms in total. The Balaban J connectivity index is 2.30. The van der Waals surface area contributed by atoms with Crippen molar-refractivity contribution in [2.24, 2.45) is 5.10 Å². The molecule has 1 rings (SSSR count). The van der Waals surface area contributed by atoms with E-state index in [-0.39, 0.29) is 12.1 Å². The summed E-state index contributed by atoms with van der Waals surface area (Å²) >= 11 is 0. The number of hydrogen-bond donors (Lipinski definition) is 0. The Labute approximate surface area is 114 Å². The van der Waals surface area contributed by atoms with Crippen LogP contribution < -0.4 is 0 Å². The van der Waals surface area contributed by atoms with E-state index in [1.807, 2.05) is 5.01 Å². The van der Waals surface area contributed by atoms with Crippen LogP contribution in [0.3, 0.4) is 0 Å². The number of carbonyl (C=O) groups excluding carboxylic acids is 1. The largest absolute Gasteiger partial charge is 0.457 e. The van der Waals surface area contributed by atoms with E-state index in [0.29, 0.717) is 25.9 Å². The van der Waals surface area contributed by atoms with Crippen molar-refractivity contribution in [1.29, 1.82) is 0 Å². The van der Waals surface area contributed by atoms with Crippen molar-refractivity contribution < 1.29 is 19.0 Å². The SMILES string of the molecule is COCCOC[C@@H]1CCCN1/N=C/C(C)OC(C)=O. The van der Waals surface area contributed by atoms with Gasteiger partial charge in [-0.3, -0.25) is 9.80 Å². The molecule has 110 valence electrons. The monoisotopic (exact) mass is 272 g/mol. The van der Waals surface area contributed by atoms with Crippen LogP contribution >= 0.6 is 0 Å². The Hall–Kier alpha value is -1.14. The molecule has 1 fully saturated rings. The molecule has 1 unspecified atom stereocenters. The van der Waals surface area contributed by atoms with Gasteiger partial charge in [-0.2, -0.15) is 5.10 Å². The fourth-order valence-corrected chi connectivity index (χ4v) is 1.98. The van der Waals surface area contributed by atoms with Crippen molar-refractivity contribution in [2.45, 2.75) is 38.8 Å². The number of nitrogens with zero attached hydrogens (tertiary/aromatic N) is 2. The zero-order chi connectivity index (χ0) is 14.1. The van der Waals surface area contributed by atoms with Gasteiger partial charge < -0.3 is 14.2 Å². The molecule has 1 saturated heterocycles. The van der Waals surface area contributed by atoms with E-state index in [4.69, 9.17) is 14.2 Å².